The van der Waals surface area contributed by atoms with Gasteiger partial charge in [0.15, 0.2) is 46.6 Å². The van der Waals surface area contributed by atoms with Gasteiger partial charge in [-0.1, -0.05) is 303 Å². The van der Waals surface area contributed by atoms with Crippen LogP contribution in [0.3, 0.4) is 0 Å². The van der Waals surface area contributed by atoms with Crippen LogP contribution in [0.4, 0.5) is 0 Å². The van der Waals surface area contributed by atoms with Crippen molar-refractivity contribution in [1.29, 1.82) is 0 Å². The highest BCUT2D eigenvalue weighted by Crippen LogP contribution is 2.45. The van der Waals surface area contributed by atoms with Crippen molar-refractivity contribution in [3.63, 3.8) is 0 Å². The minimum Gasteiger partial charge on any atom is -0.455 e. The van der Waals surface area contributed by atoms with Gasteiger partial charge in [-0.15, -0.1) is 11.3 Å². The lowest BCUT2D eigenvalue weighted by Crippen LogP contribution is -2.00. The highest BCUT2D eigenvalue weighted by atomic mass is 32.1. The van der Waals surface area contributed by atoms with Crippen LogP contribution in [-0.2, 0) is 0 Å². The molecule has 0 aliphatic carbocycles. The van der Waals surface area contributed by atoms with Gasteiger partial charge in [0.05, 0.1) is 32.9 Å². The molecule has 0 unspecified atom stereocenters. The zero-order valence-corrected chi connectivity index (χ0v) is 56.8. The Labute approximate surface area is 606 Å². The van der Waals surface area contributed by atoms with E-state index >= 15 is 0 Å². The summed E-state index contributed by atoms with van der Waals surface area (Å²) >= 11 is 1.73. The van der Waals surface area contributed by atoms with E-state index in [2.05, 4.69) is 133 Å². The number of hydrogen-bond donors (Lipinski definition) is 0. The van der Waals surface area contributed by atoms with Gasteiger partial charge in [-0.3, -0.25) is 0 Å². The number of aromatic nitrogens is 10. The van der Waals surface area contributed by atoms with Gasteiger partial charge in [0.25, 0.3) is 0 Å². The first-order valence-corrected chi connectivity index (χ1v) is 35.3. The van der Waals surface area contributed by atoms with Gasteiger partial charge in [-0.25, -0.2) is 49.8 Å². The third kappa shape index (κ3) is 11.8. The molecule has 13 heteroatoms. The zero-order chi connectivity index (χ0) is 69.6. The maximum atomic E-state index is 6.75. The van der Waals surface area contributed by atoms with E-state index in [9.17, 15) is 0 Å². The molecular formula is C92H56N10O2S. The lowest BCUT2D eigenvalue weighted by molar-refractivity contribution is 0.669. The maximum absolute atomic E-state index is 6.75. The third-order valence-electron chi connectivity index (χ3n) is 18.8. The molecule has 7 heterocycles. The molecule has 0 aliphatic heterocycles. The molecule has 7 aromatic heterocycles. The van der Waals surface area contributed by atoms with Gasteiger partial charge in [0.2, 0.25) is 0 Å². The normalized spacial score (nSPS) is 11.4. The largest absolute Gasteiger partial charge is 0.455 e. The maximum Gasteiger partial charge on any atom is 0.164 e. The fraction of sp³-hybridized carbons (Fsp3) is 0. The molecule has 0 fully saturated rings. The second kappa shape index (κ2) is 26.8. The molecule has 105 heavy (non-hydrogen) atoms. The van der Waals surface area contributed by atoms with Crippen LogP contribution in [0.15, 0.2) is 349 Å². The monoisotopic (exact) mass is 1360 g/mol. The fourth-order valence-electron chi connectivity index (χ4n) is 13.7. The molecule has 20 rings (SSSR count). The molecule has 0 atom stereocenters. The summed E-state index contributed by atoms with van der Waals surface area (Å²) in [5.74, 6) is 4.82. The number of fused-ring (bicyclic) bond motifs is 9. The SMILES string of the molecule is c1ccc(-c2ccc(-c3nc(-c4ccccc4)cc(-c4cccc5c4oc4cccc(-c6nc(-c7ccccc7)nc(-c7ccccc7)n6)c45)n3)cc2)cc1.c1ccc(-c2nc(-c3ccccc3)nc(-c3cccc4oc5c(-c6nc(-c7ccccc7)c7sc8ccccc8c7n6)cccc5c34)n2)cc1. The Morgan fingerprint density at radius 2 is 0.562 bits per heavy atom. The summed E-state index contributed by atoms with van der Waals surface area (Å²) in [6.07, 6.45) is 0. The van der Waals surface area contributed by atoms with Crippen molar-refractivity contribution < 1.29 is 8.83 Å². The first-order chi connectivity index (χ1) is 52.0. The van der Waals surface area contributed by atoms with Gasteiger partial charge in [-0.05, 0) is 47.5 Å². The zero-order valence-electron chi connectivity index (χ0n) is 56.0. The van der Waals surface area contributed by atoms with E-state index < -0.39 is 0 Å². The van der Waals surface area contributed by atoms with Crippen LogP contribution >= 0.6 is 11.3 Å². The molecule has 0 bridgehead atoms. The van der Waals surface area contributed by atoms with Crippen LogP contribution < -0.4 is 0 Å². The molecular weight excluding hydrogens is 1310 g/mol. The molecule has 0 saturated carbocycles. The average Bonchev–Trinajstić information content (AvgIpc) is 1.61. The Morgan fingerprint density at radius 1 is 0.219 bits per heavy atom. The van der Waals surface area contributed by atoms with Crippen LogP contribution in [-0.4, -0.2) is 49.8 Å². The van der Waals surface area contributed by atoms with E-state index in [4.69, 9.17) is 58.7 Å². The Kier molecular flexibility index (Phi) is 15.8. The molecule has 13 aromatic carbocycles. The smallest absolute Gasteiger partial charge is 0.164 e. The number of furan rings is 2. The Hall–Kier alpha value is -14.1. The first-order valence-electron chi connectivity index (χ1n) is 34.5. The Morgan fingerprint density at radius 3 is 1.07 bits per heavy atom. The van der Waals surface area contributed by atoms with Crippen LogP contribution in [0.25, 0.3) is 200 Å². The number of hydrogen-bond acceptors (Lipinski definition) is 13. The summed E-state index contributed by atoms with van der Waals surface area (Å²) in [4.78, 5) is 50.7. The van der Waals surface area contributed by atoms with Crippen molar-refractivity contribution in [1.82, 2.24) is 49.8 Å². The minimum absolute atomic E-state index is 0.570. The van der Waals surface area contributed by atoms with Gasteiger partial charge < -0.3 is 8.83 Å². The van der Waals surface area contributed by atoms with Crippen LogP contribution in [0.5, 0.6) is 0 Å². The summed E-state index contributed by atoms with van der Waals surface area (Å²) in [6, 6.07) is 114. The van der Waals surface area contributed by atoms with Crippen LogP contribution in [0, 0.1) is 0 Å². The number of rotatable bonds is 12. The lowest BCUT2D eigenvalue weighted by atomic mass is 10.0. The standard InChI is InChI=1S/C49H31N5O.C43H25N5OS/c1-5-15-32(16-6-1)33-27-29-37(30-28-33)46-50-41(34-17-7-2-8-18-34)31-42(51-46)38-23-13-24-39-44-40(25-14-26-43(44)55-45(38)39)49-53-47(35-19-9-3-10-20-35)52-48(54-49)36-21-11-4-12-22-36;1-4-14-26(15-5-1)36-39-37(29-20-10-11-25-34(29)50-39)45-43(44-36)32-23-12-21-30-35-31(22-13-24-33(35)49-38(30)32)42-47-40(27-16-6-2-7-17-27)46-41(48-42)28-18-8-3-9-19-28/h1-31H;1-25H. The molecule has 492 valence electrons. The number of para-hydroxylation sites is 2. The highest BCUT2D eigenvalue weighted by molar-refractivity contribution is 7.26. The van der Waals surface area contributed by atoms with Crippen LogP contribution in [0.1, 0.15) is 0 Å². The predicted octanol–water partition coefficient (Wildman–Crippen LogP) is 23.5. The van der Waals surface area contributed by atoms with Crippen molar-refractivity contribution in [2.45, 2.75) is 0 Å². The van der Waals surface area contributed by atoms with Crippen molar-refractivity contribution in [2.24, 2.45) is 0 Å². The number of thiophene rings is 1. The Balaban J connectivity index is 0.000000145. The highest BCUT2D eigenvalue weighted by Gasteiger charge is 2.25. The van der Waals surface area contributed by atoms with Gasteiger partial charge in [-0.2, -0.15) is 0 Å². The van der Waals surface area contributed by atoms with E-state index in [1.54, 1.807) is 11.3 Å². The summed E-state index contributed by atoms with van der Waals surface area (Å²) in [7, 11) is 0. The topological polar surface area (TPSA) is 155 Å². The first kappa shape index (κ1) is 61.9. The second-order valence-electron chi connectivity index (χ2n) is 25.3. The van der Waals surface area contributed by atoms with E-state index in [0.717, 1.165) is 143 Å². The predicted molar refractivity (Wildman–Crippen MR) is 424 cm³/mol. The third-order valence-corrected chi connectivity index (χ3v) is 19.9. The lowest BCUT2D eigenvalue weighted by Gasteiger charge is -2.10. The molecule has 12 nitrogen and oxygen atoms in total. The van der Waals surface area contributed by atoms with Gasteiger partial charge in [0.1, 0.15) is 22.3 Å². The van der Waals surface area contributed by atoms with E-state index in [0.29, 0.717) is 52.2 Å². The number of benzene rings is 13. The molecule has 0 N–H and O–H groups in total. The van der Waals surface area contributed by atoms with Crippen molar-refractivity contribution in [3.05, 3.63) is 340 Å². The molecule has 0 amide bonds. The van der Waals surface area contributed by atoms with E-state index in [1.807, 2.05) is 206 Å². The van der Waals surface area contributed by atoms with Gasteiger partial charge in [0, 0.05) is 87.3 Å². The molecule has 0 saturated heterocycles. The Bertz CT molecular complexity index is 6510. The summed E-state index contributed by atoms with van der Waals surface area (Å²) in [5.41, 5.74) is 18.7. The molecule has 20 aromatic rings. The average molecular weight is 1370 g/mol. The van der Waals surface area contributed by atoms with E-state index in [-0.39, 0.29) is 0 Å². The van der Waals surface area contributed by atoms with Gasteiger partial charge >= 0.3 is 0 Å². The van der Waals surface area contributed by atoms with Crippen molar-refractivity contribution >= 4 is 75.5 Å². The summed E-state index contributed by atoms with van der Waals surface area (Å²) in [5, 5.41) is 4.86. The summed E-state index contributed by atoms with van der Waals surface area (Å²) in [6.45, 7) is 0. The quantitative estimate of drug-likeness (QED) is 0.114. The van der Waals surface area contributed by atoms with Crippen molar-refractivity contribution in [3.8, 4) is 136 Å². The second-order valence-corrected chi connectivity index (χ2v) is 26.4. The summed E-state index contributed by atoms with van der Waals surface area (Å²) < 4.78 is 15.7. The van der Waals surface area contributed by atoms with E-state index in [1.165, 1.54) is 4.70 Å². The minimum atomic E-state index is 0.570. The number of nitrogens with zero attached hydrogens (tertiary/aromatic N) is 10. The molecule has 0 aliphatic rings. The molecule has 0 spiro atoms. The van der Waals surface area contributed by atoms with Crippen LogP contribution in [0.2, 0.25) is 0 Å². The molecule has 0 radical (unpaired) electrons. The van der Waals surface area contributed by atoms with Crippen molar-refractivity contribution in [2.75, 3.05) is 0 Å². The fourth-order valence-corrected chi connectivity index (χ4v) is 14.9.